The molecule has 0 bridgehead atoms. The predicted molar refractivity (Wildman–Crippen MR) is 91.1 cm³/mol. The average molecular weight is 334 g/mol. The van der Waals surface area contributed by atoms with E-state index in [0.717, 1.165) is 24.3 Å². The molecule has 1 heterocycles. The quantitative estimate of drug-likeness (QED) is 0.700. The Hall–Kier alpha value is -2.24. The molecule has 24 heavy (non-hydrogen) atoms. The Bertz CT molecular complexity index is 544. The standard InChI is InChI=1S/C18H26N2O4/c1-3-4-9-19-18(22)14-12-17(21)20(13-14)10-11-24-16-7-5-15(23-2)6-8-16/h5-8,14H,3-4,9-13H2,1-2H3,(H,19,22). The van der Waals surface area contributed by atoms with Crippen molar-refractivity contribution in [2.24, 2.45) is 5.92 Å². The van der Waals surface area contributed by atoms with Crippen LogP contribution in [0.25, 0.3) is 0 Å². The van der Waals surface area contributed by atoms with Crippen LogP contribution in [0.15, 0.2) is 24.3 Å². The van der Waals surface area contributed by atoms with E-state index in [1.165, 1.54) is 0 Å². The lowest BCUT2D eigenvalue weighted by Crippen LogP contribution is -2.34. The van der Waals surface area contributed by atoms with E-state index in [4.69, 9.17) is 9.47 Å². The van der Waals surface area contributed by atoms with Gasteiger partial charge in [0.1, 0.15) is 18.1 Å². The number of nitrogens with zero attached hydrogens (tertiary/aromatic N) is 1. The van der Waals surface area contributed by atoms with Crippen molar-refractivity contribution in [3.05, 3.63) is 24.3 Å². The molecule has 0 radical (unpaired) electrons. The molecule has 1 fully saturated rings. The number of ether oxygens (including phenoxy) is 2. The van der Waals surface area contributed by atoms with Crippen molar-refractivity contribution < 1.29 is 19.1 Å². The molecule has 6 nitrogen and oxygen atoms in total. The van der Waals surface area contributed by atoms with Gasteiger partial charge in [0, 0.05) is 19.5 Å². The lowest BCUT2D eigenvalue weighted by molar-refractivity contribution is -0.129. The maximum Gasteiger partial charge on any atom is 0.225 e. The number of hydrogen-bond acceptors (Lipinski definition) is 4. The number of rotatable bonds is 9. The molecule has 2 amide bonds. The molecule has 0 aliphatic carbocycles. The molecule has 1 aromatic rings. The van der Waals surface area contributed by atoms with Crippen molar-refractivity contribution in [2.45, 2.75) is 26.2 Å². The van der Waals surface area contributed by atoms with Gasteiger partial charge in [0.05, 0.1) is 19.6 Å². The minimum absolute atomic E-state index is 0.0176. The fourth-order valence-electron chi connectivity index (χ4n) is 2.64. The third kappa shape index (κ3) is 5.15. The van der Waals surface area contributed by atoms with Crippen molar-refractivity contribution in [3.8, 4) is 11.5 Å². The fourth-order valence-corrected chi connectivity index (χ4v) is 2.64. The summed E-state index contributed by atoms with van der Waals surface area (Å²) in [7, 11) is 1.61. The number of amides is 2. The second-order valence-corrected chi connectivity index (χ2v) is 5.91. The normalized spacial score (nSPS) is 17.0. The molecular formula is C18H26N2O4. The van der Waals surface area contributed by atoms with Crippen LogP contribution >= 0.6 is 0 Å². The number of carbonyl (C=O) groups is 2. The molecule has 1 aliphatic heterocycles. The first-order chi connectivity index (χ1) is 11.6. The van der Waals surface area contributed by atoms with Gasteiger partial charge in [-0.15, -0.1) is 0 Å². The number of nitrogens with one attached hydrogen (secondary N) is 1. The third-order valence-corrected chi connectivity index (χ3v) is 4.10. The minimum atomic E-state index is -0.240. The zero-order valence-electron chi connectivity index (χ0n) is 14.4. The van der Waals surface area contributed by atoms with Crippen molar-refractivity contribution in [3.63, 3.8) is 0 Å². The highest BCUT2D eigenvalue weighted by Gasteiger charge is 2.33. The summed E-state index contributed by atoms with van der Waals surface area (Å²) in [5, 5.41) is 2.90. The monoisotopic (exact) mass is 334 g/mol. The van der Waals surface area contributed by atoms with E-state index in [9.17, 15) is 9.59 Å². The molecule has 0 saturated carbocycles. The summed E-state index contributed by atoms with van der Waals surface area (Å²) in [5.41, 5.74) is 0. The van der Waals surface area contributed by atoms with Crippen molar-refractivity contribution in [1.82, 2.24) is 10.2 Å². The van der Waals surface area contributed by atoms with E-state index in [-0.39, 0.29) is 17.7 Å². The second kappa shape index (κ2) is 9.15. The van der Waals surface area contributed by atoms with Gasteiger partial charge in [-0.3, -0.25) is 9.59 Å². The Morgan fingerprint density at radius 3 is 2.67 bits per heavy atom. The van der Waals surface area contributed by atoms with E-state index in [2.05, 4.69) is 12.2 Å². The van der Waals surface area contributed by atoms with Crippen LogP contribution < -0.4 is 14.8 Å². The van der Waals surface area contributed by atoms with Crippen LogP contribution in [0.5, 0.6) is 11.5 Å². The zero-order chi connectivity index (χ0) is 17.4. The van der Waals surface area contributed by atoms with Crippen molar-refractivity contribution >= 4 is 11.8 Å². The van der Waals surface area contributed by atoms with E-state index in [1.54, 1.807) is 12.0 Å². The predicted octanol–water partition coefficient (Wildman–Crippen LogP) is 1.84. The molecule has 0 spiro atoms. The Labute approximate surface area is 143 Å². The van der Waals surface area contributed by atoms with Crippen LogP contribution in [0.2, 0.25) is 0 Å². The van der Waals surface area contributed by atoms with E-state index in [1.807, 2.05) is 24.3 Å². The molecule has 1 unspecified atom stereocenters. The molecular weight excluding hydrogens is 308 g/mol. The van der Waals surface area contributed by atoms with Crippen molar-refractivity contribution in [2.75, 3.05) is 33.4 Å². The molecule has 1 aromatic carbocycles. The Kier molecular flexibility index (Phi) is 6.90. The van der Waals surface area contributed by atoms with Gasteiger partial charge < -0.3 is 19.7 Å². The Morgan fingerprint density at radius 2 is 2.00 bits per heavy atom. The van der Waals surface area contributed by atoms with Crippen LogP contribution in [-0.2, 0) is 9.59 Å². The van der Waals surface area contributed by atoms with Gasteiger partial charge in [-0.1, -0.05) is 13.3 Å². The summed E-state index contributed by atoms with van der Waals surface area (Å²) in [6.07, 6.45) is 2.30. The van der Waals surface area contributed by atoms with Gasteiger partial charge in [-0.05, 0) is 30.7 Å². The summed E-state index contributed by atoms with van der Waals surface area (Å²) in [6, 6.07) is 7.31. The van der Waals surface area contributed by atoms with Gasteiger partial charge in [-0.2, -0.15) is 0 Å². The molecule has 132 valence electrons. The molecule has 1 aliphatic rings. The van der Waals surface area contributed by atoms with Crippen LogP contribution in [0.4, 0.5) is 0 Å². The number of methoxy groups -OCH3 is 1. The first kappa shape index (κ1) is 18.1. The number of likely N-dealkylation sites (tertiary alicyclic amines) is 1. The SMILES string of the molecule is CCCCNC(=O)C1CC(=O)N(CCOc2ccc(OC)cc2)C1. The highest BCUT2D eigenvalue weighted by atomic mass is 16.5. The first-order valence-corrected chi connectivity index (χ1v) is 8.46. The van der Waals surface area contributed by atoms with E-state index in [0.29, 0.717) is 32.7 Å². The van der Waals surface area contributed by atoms with Gasteiger partial charge in [0.25, 0.3) is 0 Å². The molecule has 1 atom stereocenters. The van der Waals surface area contributed by atoms with E-state index < -0.39 is 0 Å². The molecule has 0 aromatic heterocycles. The number of benzene rings is 1. The fraction of sp³-hybridized carbons (Fsp3) is 0.556. The molecule has 6 heteroatoms. The Balaban J connectivity index is 1.72. The maximum atomic E-state index is 12.0. The molecule has 1 saturated heterocycles. The van der Waals surface area contributed by atoms with Crippen LogP contribution in [0, 0.1) is 5.92 Å². The maximum absolute atomic E-state index is 12.0. The number of carbonyl (C=O) groups excluding carboxylic acids is 2. The van der Waals surface area contributed by atoms with Gasteiger partial charge in [0.15, 0.2) is 0 Å². The first-order valence-electron chi connectivity index (χ1n) is 8.46. The topological polar surface area (TPSA) is 67.9 Å². The lowest BCUT2D eigenvalue weighted by atomic mass is 10.1. The summed E-state index contributed by atoms with van der Waals surface area (Å²) in [5.74, 6) is 1.26. The summed E-state index contributed by atoms with van der Waals surface area (Å²) >= 11 is 0. The Morgan fingerprint density at radius 1 is 1.29 bits per heavy atom. The number of unbranched alkanes of at least 4 members (excludes halogenated alkanes) is 1. The second-order valence-electron chi connectivity index (χ2n) is 5.91. The van der Waals surface area contributed by atoms with Gasteiger partial charge >= 0.3 is 0 Å². The van der Waals surface area contributed by atoms with Crippen molar-refractivity contribution in [1.29, 1.82) is 0 Å². The molecule has 2 rings (SSSR count). The van der Waals surface area contributed by atoms with E-state index >= 15 is 0 Å². The largest absolute Gasteiger partial charge is 0.497 e. The highest BCUT2D eigenvalue weighted by molar-refractivity contribution is 5.89. The smallest absolute Gasteiger partial charge is 0.225 e. The van der Waals surface area contributed by atoms with Crippen LogP contribution in [0.3, 0.4) is 0 Å². The number of hydrogen-bond donors (Lipinski definition) is 1. The zero-order valence-corrected chi connectivity index (χ0v) is 14.4. The lowest BCUT2D eigenvalue weighted by Gasteiger charge is -2.17. The third-order valence-electron chi connectivity index (χ3n) is 4.10. The summed E-state index contributed by atoms with van der Waals surface area (Å²) in [4.78, 5) is 25.8. The average Bonchev–Trinajstić information content (AvgIpc) is 2.97. The highest BCUT2D eigenvalue weighted by Crippen LogP contribution is 2.19. The van der Waals surface area contributed by atoms with Gasteiger partial charge in [0.2, 0.25) is 11.8 Å². The summed E-state index contributed by atoms with van der Waals surface area (Å²) < 4.78 is 10.7. The van der Waals surface area contributed by atoms with Gasteiger partial charge in [-0.25, -0.2) is 0 Å². The summed E-state index contributed by atoms with van der Waals surface area (Å²) in [6.45, 7) is 4.13. The molecule has 1 N–H and O–H groups in total. The minimum Gasteiger partial charge on any atom is -0.497 e. The van der Waals surface area contributed by atoms with Crippen LogP contribution in [-0.4, -0.2) is 50.1 Å². The van der Waals surface area contributed by atoms with Crippen LogP contribution in [0.1, 0.15) is 26.2 Å².